The van der Waals surface area contributed by atoms with E-state index in [1.165, 1.54) is 64.7 Å². The third-order valence-corrected chi connectivity index (χ3v) is 3.47. The van der Waals surface area contributed by atoms with E-state index in [1.54, 1.807) is 0 Å². The minimum absolute atomic E-state index is 0.902. The van der Waals surface area contributed by atoms with Crippen LogP contribution in [0.1, 0.15) is 52.4 Å². The van der Waals surface area contributed by atoms with Gasteiger partial charge in [0.05, 0.1) is 0 Å². The van der Waals surface area contributed by atoms with Crippen LogP contribution >= 0.6 is 0 Å². The molecule has 0 spiro atoms. The molecule has 0 unspecified atom stereocenters. The van der Waals surface area contributed by atoms with E-state index in [0.717, 1.165) is 6.04 Å². The molecule has 90 valence electrons. The highest BCUT2D eigenvalue weighted by atomic mass is 15.2. The molecule has 2 rings (SSSR count). The summed E-state index contributed by atoms with van der Waals surface area (Å²) in [5, 5.41) is 3.44. The van der Waals surface area contributed by atoms with Gasteiger partial charge < -0.3 is 10.2 Å². The lowest BCUT2D eigenvalue weighted by Gasteiger charge is -2.33. The zero-order valence-electron chi connectivity index (χ0n) is 10.6. The van der Waals surface area contributed by atoms with Crippen molar-refractivity contribution in [1.29, 1.82) is 0 Å². The van der Waals surface area contributed by atoms with Crippen molar-refractivity contribution in [3.8, 4) is 0 Å². The van der Waals surface area contributed by atoms with Crippen LogP contribution < -0.4 is 5.32 Å². The summed E-state index contributed by atoms with van der Waals surface area (Å²) in [6.07, 6.45) is 8.54. The lowest BCUT2D eigenvalue weighted by molar-refractivity contribution is 0.168. The van der Waals surface area contributed by atoms with E-state index in [-0.39, 0.29) is 0 Å². The summed E-state index contributed by atoms with van der Waals surface area (Å²) in [6.45, 7) is 9.21. The largest absolute Gasteiger partial charge is 0.317 e. The Hall–Kier alpha value is -0.0800. The summed E-state index contributed by atoms with van der Waals surface area (Å²) >= 11 is 0. The summed E-state index contributed by atoms with van der Waals surface area (Å²) in [4.78, 5) is 2.74. The molecular weight excluding hydrogens is 184 g/mol. The number of hydrogen-bond donors (Lipinski definition) is 1. The average Bonchev–Trinajstić information content (AvgIpc) is 2.61. The Morgan fingerprint density at radius 2 is 1.40 bits per heavy atom. The van der Waals surface area contributed by atoms with Crippen LogP contribution in [0.3, 0.4) is 0 Å². The van der Waals surface area contributed by atoms with E-state index in [4.69, 9.17) is 0 Å². The highest BCUT2D eigenvalue weighted by molar-refractivity contribution is 4.78. The van der Waals surface area contributed by atoms with E-state index in [2.05, 4.69) is 10.2 Å². The predicted octanol–water partition coefficient (Wildman–Crippen LogP) is 2.64. The van der Waals surface area contributed by atoms with Crippen molar-refractivity contribution in [3.63, 3.8) is 0 Å². The van der Waals surface area contributed by atoms with Crippen molar-refractivity contribution in [1.82, 2.24) is 10.2 Å². The SMILES string of the molecule is C1CCCN(C2CCNCC2)CC1.CC. The van der Waals surface area contributed by atoms with E-state index < -0.39 is 0 Å². The van der Waals surface area contributed by atoms with Gasteiger partial charge in [0, 0.05) is 6.04 Å². The number of nitrogens with one attached hydrogen (secondary N) is 1. The molecule has 0 amide bonds. The molecule has 0 aromatic carbocycles. The predicted molar refractivity (Wildman–Crippen MR) is 67.3 cm³/mol. The fourth-order valence-electron chi connectivity index (χ4n) is 2.63. The van der Waals surface area contributed by atoms with Crippen molar-refractivity contribution in [2.24, 2.45) is 0 Å². The lowest BCUT2D eigenvalue weighted by Crippen LogP contribution is -2.43. The monoisotopic (exact) mass is 212 g/mol. The van der Waals surface area contributed by atoms with E-state index in [0.29, 0.717) is 0 Å². The van der Waals surface area contributed by atoms with Gasteiger partial charge in [-0.15, -0.1) is 0 Å². The highest BCUT2D eigenvalue weighted by Crippen LogP contribution is 2.17. The van der Waals surface area contributed by atoms with Gasteiger partial charge in [-0.1, -0.05) is 26.7 Å². The number of piperidine rings is 1. The Labute approximate surface area is 95.4 Å². The van der Waals surface area contributed by atoms with Crippen LogP contribution in [0.15, 0.2) is 0 Å². The summed E-state index contributed by atoms with van der Waals surface area (Å²) in [5.41, 5.74) is 0. The van der Waals surface area contributed by atoms with Gasteiger partial charge >= 0.3 is 0 Å². The molecule has 2 fully saturated rings. The molecule has 0 atom stereocenters. The average molecular weight is 212 g/mol. The molecule has 0 aromatic rings. The Kier molecular flexibility index (Phi) is 7.03. The summed E-state index contributed by atoms with van der Waals surface area (Å²) < 4.78 is 0. The minimum Gasteiger partial charge on any atom is -0.317 e. The third-order valence-electron chi connectivity index (χ3n) is 3.47. The molecule has 2 saturated heterocycles. The molecule has 2 nitrogen and oxygen atoms in total. The molecule has 2 aliphatic rings. The van der Waals surface area contributed by atoms with Crippen molar-refractivity contribution in [2.45, 2.75) is 58.4 Å². The summed E-state index contributed by atoms with van der Waals surface area (Å²) in [7, 11) is 0. The zero-order valence-corrected chi connectivity index (χ0v) is 10.6. The molecule has 0 aliphatic carbocycles. The van der Waals surface area contributed by atoms with Crippen LogP contribution in [0.4, 0.5) is 0 Å². The third kappa shape index (κ3) is 4.52. The van der Waals surface area contributed by atoms with Crippen LogP contribution in [-0.4, -0.2) is 37.1 Å². The van der Waals surface area contributed by atoms with Crippen molar-refractivity contribution >= 4 is 0 Å². The van der Waals surface area contributed by atoms with Gasteiger partial charge in [0.1, 0.15) is 0 Å². The van der Waals surface area contributed by atoms with Crippen LogP contribution in [0, 0.1) is 0 Å². The number of nitrogens with zero attached hydrogens (tertiary/aromatic N) is 1. The van der Waals surface area contributed by atoms with E-state index in [9.17, 15) is 0 Å². The van der Waals surface area contributed by atoms with Crippen molar-refractivity contribution in [3.05, 3.63) is 0 Å². The number of hydrogen-bond acceptors (Lipinski definition) is 2. The smallest absolute Gasteiger partial charge is 0.0119 e. The summed E-state index contributed by atoms with van der Waals surface area (Å²) in [6, 6.07) is 0.902. The highest BCUT2D eigenvalue weighted by Gasteiger charge is 2.20. The molecule has 1 N–H and O–H groups in total. The first kappa shape index (κ1) is 13.0. The van der Waals surface area contributed by atoms with Gasteiger partial charge in [-0.2, -0.15) is 0 Å². The first-order chi connectivity index (χ1) is 7.47. The standard InChI is InChI=1S/C11H22N2.C2H6/c1-2-4-10-13(9-3-1)11-5-7-12-8-6-11;1-2/h11-12H,1-10H2;1-2H3. The second-order valence-corrected chi connectivity index (χ2v) is 4.43. The molecule has 2 heteroatoms. The van der Waals surface area contributed by atoms with Crippen molar-refractivity contribution in [2.75, 3.05) is 26.2 Å². The van der Waals surface area contributed by atoms with Gasteiger partial charge in [0.25, 0.3) is 0 Å². The van der Waals surface area contributed by atoms with E-state index >= 15 is 0 Å². The molecule has 0 aromatic heterocycles. The van der Waals surface area contributed by atoms with Crippen molar-refractivity contribution < 1.29 is 0 Å². The van der Waals surface area contributed by atoms with Gasteiger partial charge in [-0.05, 0) is 51.9 Å². The molecular formula is C13H28N2. The maximum absolute atomic E-state index is 3.44. The maximum atomic E-state index is 3.44. The Bertz CT molecular complexity index is 133. The van der Waals surface area contributed by atoms with Gasteiger partial charge in [0.2, 0.25) is 0 Å². The first-order valence-electron chi connectivity index (χ1n) is 6.91. The lowest BCUT2D eigenvalue weighted by atomic mass is 10.0. The van der Waals surface area contributed by atoms with Crippen LogP contribution in [0.2, 0.25) is 0 Å². The molecule has 2 aliphatic heterocycles. The Morgan fingerprint density at radius 3 is 1.93 bits per heavy atom. The molecule has 0 saturated carbocycles. The Morgan fingerprint density at radius 1 is 0.867 bits per heavy atom. The van der Waals surface area contributed by atoms with Gasteiger partial charge in [0.15, 0.2) is 0 Å². The normalized spacial score (nSPS) is 25.2. The van der Waals surface area contributed by atoms with Crippen LogP contribution in [0.25, 0.3) is 0 Å². The number of rotatable bonds is 1. The molecule has 2 heterocycles. The first-order valence-corrected chi connectivity index (χ1v) is 6.91. The number of likely N-dealkylation sites (tertiary alicyclic amines) is 1. The fraction of sp³-hybridized carbons (Fsp3) is 1.00. The van der Waals surface area contributed by atoms with E-state index in [1.807, 2.05) is 13.8 Å². The molecule has 0 bridgehead atoms. The van der Waals surface area contributed by atoms with Crippen LogP contribution in [0.5, 0.6) is 0 Å². The second-order valence-electron chi connectivity index (χ2n) is 4.43. The molecule has 15 heavy (non-hydrogen) atoms. The second kappa shape index (κ2) is 8.12. The Balaban J connectivity index is 0.000000531. The van der Waals surface area contributed by atoms with Gasteiger partial charge in [-0.25, -0.2) is 0 Å². The van der Waals surface area contributed by atoms with Gasteiger partial charge in [-0.3, -0.25) is 0 Å². The van der Waals surface area contributed by atoms with Crippen LogP contribution in [-0.2, 0) is 0 Å². The summed E-state index contributed by atoms with van der Waals surface area (Å²) in [5.74, 6) is 0. The minimum atomic E-state index is 0.902. The topological polar surface area (TPSA) is 15.3 Å². The zero-order chi connectivity index (χ0) is 10.9. The maximum Gasteiger partial charge on any atom is 0.0119 e. The quantitative estimate of drug-likeness (QED) is 0.719. The fourth-order valence-corrected chi connectivity index (χ4v) is 2.63. The molecule has 0 radical (unpaired) electrons.